The Morgan fingerprint density at radius 2 is 1.24 bits per heavy atom. The molecule has 0 amide bonds. The fourth-order valence-electron chi connectivity index (χ4n) is 6.00. The van der Waals surface area contributed by atoms with Gasteiger partial charge >= 0.3 is 21.1 Å². The number of aromatic nitrogens is 5. The Morgan fingerprint density at radius 3 is 2.05 bits per heavy atom. The molecule has 6 nitrogen and oxygen atoms in total. The maximum absolute atomic E-state index is 6.38. The topological polar surface area (TPSA) is 56.7 Å². The summed E-state index contributed by atoms with van der Waals surface area (Å²) in [6, 6.07) is 35.9. The van der Waals surface area contributed by atoms with E-state index in [2.05, 4.69) is 81.1 Å². The van der Waals surface area contributed by atoms with Crippen LogP contribution in [0, 0.1) is 12.1 Å². The number of imidazole rings is 2. The first-order chi connectivity index (χ1) is 20.3. The van der Waals surface area contributed by atoms with Gasteiger partial charge in [-0.1, -0.05) is 94.3 Å². The molecule has 9 rings (SSSR count). The average molecular weight is 721 g/mol. The second kappa shape index (κ2) is 9.50. The number of fused-ring (bicyclic) bond motifs is 12. The van der Waals surface area contributed by atoms with E-state index >= 15 is 0 Å². The molecule has 42 heavy (non-hydrogen) atoms. The molecule has 5 heterocycles. The number of hydrogen-bond donors (Lipinski definition) is 0. The number of rotatable bonds is 3. The van der Waals surface area contributed by atoms with Crippen LogP contribution >= 0.6 is 0 Å². The third-order valence-electron chi connectivity index (χ3n) is 7.75. The summed E-state index contributed by atoms with van der Waals surface area (Å²) in [5.41, 5.74) is 5.92. The van der Waals surface area contributed by atoms with Gasteiger partial charge in [-0.3, -0.25) is 9.97 Å². The number of hydrogen-bond acceptors (Lipinski definition) is 4. The van der Waals surface area contributed by atoms with E-state index in [1.165, 1.54) is 5.56 Å². The molecule has 0 aliphatic carbocycles. The molecule has 0 saturated heterocycles. The molecule has 0 aliphatic rings. The Balaban J connectivity index is 0.00000267. The van der Waals surface area contributed by atoms with Crippen LogP contribution in [-0.4, -0.2) is 23.8 Å². The molecule has 7 heteroatoms. The van der Waals surface area contributed by atoms with Crippen LogP contribution in [0.15, 0.2) is 116 Å². The van der Waals surface area contributed by atoms with Crippen molar-refractivity contribution in [1.29, 1.82) is 0 Å². The zero-order valence-corrected chi connectivity index (χ0v) is 24.2. The van der Waals surface area contributed by atoms with E-state index in [1.807, 2.05) is 53.3 Å². The van der Waals surface area contributed by atoms with Crippen molar-refractivity contribution in [2.75, 3.05) is 0 Å². The van der Waals surface area contributed by atoms with Gasteiger partial charge in [0.15, 0.2) is 0 Å². The van der Waals surface area contributed by atoms with Crippen molar-refractivity contribution in [3.63, 3.8) is 0 Å². The van der Waals surface area contributed by atoms with Crippen molar-refractivity contribution in [3.05, 3.63) is 128 Å². The average Bonchev–Trinajstić information content (AvgIpc) is 3.73. The first-order valence-electron chi connectivity index (χ1n) is 13.4. The quantitative estimate of drug-likeness (QED) is 0.137. The summed E-state index contributed by atoms with van der Waals surface area (Å²) >= 11 is 0. The van der Waals surface area contributed by atoms with E-state index in [0.717, 1.165) is 60.3 Å². The van der Waals surface area contributed by atoms with Crippen molar-refractivity contribution in [1.82, 2.24) is 23.8 Å². The molecule has 4 aromatic carbocycles. The van der Waals surface area contributed by atoms with Gasteiger partial charge in [0, 0.05) is 48.0 Å². The third kappa shape index (κ3) is 3.59. The first kappa shape index (κ1) is 24.7. The molecule has 0 aliphatic heterocycles. The smallest absolute Gasteiger partial charge is 0.497 e. The van der Waals surface area contributed by atoms with Gasteiger partial charge in [0.1, 0.15) is 5.65 Å². The van der Waals surface area contributed by atoms with Gasteiger partial charge < -0.3 is 13.5 Å². The molecule has 0 unspecified atom stereocenters. The van der Waals surface area contributed by atoms with Crippen molar-refractivity contribution in [2.24, 2.45) is 0 Å². The fraction of sp³-hybridized carbons (Fsp3) is 0. The minimum absolute atomic E-state index is 0. The largest absolute Gasteiger partial charge is 2.00 e. The number of ether oxygens (including phenoxy) is 1. The third-order valence-corrected chi connectivity index (χ3v) is 7.75. The Kier molecular flexibility index (Phi) is 5.59. The molecule has 0 radical (unpaired) electrons. The van der Waals surface area contributed by atoms with Crippen LogP contribution in [0.3, 0.4) is 0 Å². The van der Waals surface area contributed by atoms with Gasteiger partial charge in [-0.05, 0) is 34.0 Å². The van der Waals surface area contributed by atoms with E-state index in [-0.39, 0.29) is 21.1 Å². The first-order valence-corrected chi connectivity index (χ1v) is 13.4. The molecule has 0 spiro atoms. The normalized spacial score (nSPS) is 11.6. The van der Waals surface area contributed by atoms with Gasteiger partial charge in [0.05, 0.1) is 11.3 Å². The minimum Gasteiger partial charge on any atom is -0.497 e. The summed E-state index contributed by atoms with van der Waals surface area (Å²) < 4.78 is 10.5. The second-order valence-electron chi connectivity index (χ2n) is 10.0. The van der Waals surface area contributed by atoms with E-state index in [4.69, 9.17) is 9.72 Å². The molecular weight excluding hydrogens is 701 g/mol. The molecule has 0 bridgehead atoms. The number of pyridine rings is 3. The maximum Gasteiger partial charge on any atom is 2.00 e. The van der Waals surface area contributed by atoms with Crippen LogP contribution in [-0.2, 0) is 21.1 Å². The number of nitrogens with zero attached hydrogens (tertiary/aromatic N) is 5. The van der Waals surface area contributed by atoms with Gasteiger partial charge in [0.2, 0.25) is 0 Å². The van der Waals surface area contributed by atoms with Crippen LogP contribution < -0.4 is 4.74 Å². The van der Waals surface area contributed by atoms with E-state index < -0.39 is 0 Å². The molecule has 0 atom stereocenters. The zero-order chi connectivity index (χ0) is 26.9. The number of benzene rings is 4. The molecule has 5 aromatic heterocycles. The summed E-state index contributed by atoms with van der Waals surface area (Å²) in [4.78, 5) is 13.9. The van der Waals surface area contributed by atoms with Crippen LogP contribution in [0.25, 0.3) is 65.9 Å². The summed E-state index contributed by atoms with van der Waals surface area (Å²) in [7, 11) is 0. The fourth-order valence-corrected chi connectivity index (χ4v) is 6.00. The zero-order valence-electron chi connectivity index (χ0n) is 21.9. The summed E-state index contributed by atoms with van der Waals surface area (Å²) in [5.74, 6) is 1.18. The van der Waals surface area contributed by atoms with Crippen molar-refractivity contribution in [2.45, 2.75) is 0 Å². The molecule has 0 N–H and O–H groups in total. The standard InChI is InChI=1S/C35H19N5O.Pt/c1-2-6-22(7-3-1)25-8-4-10-31-32(25)27-14-12-24(21-30(27)34-37-16-18-39(31)34)41-23-11-13-26-28-9-5-15-36-33(28)40-19-17-38-35(40)29(26)20-23;/h1-19H;/q-2;+2. The Morgan fingerprint density at radius 1 is 0.548 bits per heavy atom. The Labute approximate surface area is 254 Å². The van der Waals surface area contributed by atoms with E-state index in [0.29, 0.717) is 11.5 Å². The molecule has 9 aromatic rings. The second-order valence-corrected chi connectivity index (χ2v) is 10.0. The predicted molar refractivity (Wildman–Crippen MR) is 161 cm³/mol. The van der Waals surface area contributed by atoms with Gasteiger partial charge in [-0.2, -0.15) is 0 Å². The molecular formula is C35H19N5OPt. The van der Waals surface area contributed by atoms with Crippen LogP contribution in [0.1, 0.15) is 0 Å². The van der Waals surface area contributed by atoms with Gasteiger partial charge in [0.25, 0.3) is 0 Å². The predicted octanol–water partition coefficient (Wildman–Crippen LogP) is 8.05. The molecule has 0 fully saturated rings. The van der Waals surface area contributed by atoms with Crippen molar-refractivity contribution >= 4 is 54.8 Å². The summed E-state index contributed by atoms with van der Waals surface area (Å²) in [5, 5.41) is 6.07. The van der Waals surface area contributed by atoms with Crippen LogP contribution in [0.5, 0.6) is 11.5 Å². The SMILES string of the molecule is [Pt+2].[c-]1c(Oc2[c-]c3c(cc2)c2cccnc2n2ccnc32)ccc2c1c1nccn1c1cccc(-c3ccccc3)c21. The van der Waals surface area contributed by atoms with Crippen LogP contribution in [0.2, 0.25) is 0 Å². The van der Waals surface area contributed by atoms with Gasteiger partial charge in [-0.25, -0.2) is 4.98 Å². The molecule has 200 valence electrons. The van der Waals surface area contributed by atoms with Crippen molar-refractivity contribution < 1.29 is 25.8 Å². The Hall–Kier alpha value is -5.06. The van der Waals surface area contributed by atoms with Crippen LogP contribution in [0.4, 0.5) is 0 Å². The molecule has 0 saturated carbocycles. The minimum atomic E-state index is 0. The summed E-state index contributed by atoms with van der Waals surface area (Å²) in [6.45, 7) is 0. The van der Waals surface area contributed by atoms with E-state index in [1.54, 1.807) is 12.4 Å². The monoisotopic (exact) mass is 720 g/mol. The Bertz CT molecular complexity index is 2460. The maximum atomic E-state index is 6.38. The van der Waals surface area contributed by atoms with E-state index in [9.17, 15) is 0 Å². The van der Waals surface area contributed by atoms with Gasteiger partial charge in [-0.15, -0.1) is 12.1 Å². The van der Waals surface area contributed by atoms with Crippen molar-refractivity contribution in [3.8, 4) is 22.6 Å². The summed E-state index contributed by atoms with van der Waals surface area (Å²) in [6.07, 6.45) is 9.33.